The van der Waals surface area contributed by atoms with E-state index in [-0.39, 0.29) is 56.9 Å². The third-order valence-electron chi connectivity index (χ3n) is 14.6. The van der Waals surface area contributed by atoms with Crippen molar-refractivity contribution in [3.8, 4) is 33.8 Å². The van der Waals surface area contributed by atoms with Crippen LogP contribution in [0.4, 0.5) is 41.9 Å². The summed E-state index contributed by atoms with van der Waals surface area (Å²) in [7, 11) is 0. The molecule has 446 valence electrons. The number of para-hydroxylation sites is 6. The first-order valence-corrected chi connectivity index (χ1v) is 28.8. The van der Waals surface area contributed by atoms with Crippen molar-refractivity contribution in [2.75, 3.05) is 29.5 Å². The molecular weight excluding hydrogens is 1220 g/mol. The number of anilines is 5. The number of carbonyl (C=O) groups is 2. The number of pyridine rings is 4. The summed E-state index contributed by atoms with van der Waals surface area (Å²) >= 11 is 23.7. The molecule has 15 rings (SSSR count). The number of fused-ring (bicyclic) bond motifs is 6. The Labute approximate surface area is 525 Å². The van der Waals surface area contributed by atoms with Crippen LogP contribution in [-0.4, -0.2) is 59.8 Å². The second-order valence-electron chi connectivity index (χ2n) is 20.2. The third-order valence-corrected chi connectivity index (χ3v) is 15.8. The molecule has 0 saturated carbocycles. The Kier molecular flexibility index (Phi) is 17.7. The van der Waals surface area contributed by atoms with Crippen molar-refractivity contribution in [3.63, 3.8) is 0 Å². The number of aromatic nitrogens is 7. The number of carbonyl (C=O) groups excluding carboxylic acids is 2. The first-order valence-electron chi connectivity index (χ1n) is 27.3. The highest BCUT2D eigenvalue weighted by Crippen LogP contribution is 2.36. The molecule has 0 saturated heterocycles. The van der Waals surface area contributed by atoms with Gasteiger partial charge in [0.15, 0.2) is 0 Å². The SMILES string of the molecule is C.Nc1c(F)cccc1Cl.O=C1NCCc2[nH]c(-c3cccc4ccc(Cl)nc34)cc21.O=C1NCCc2[nH]c(-c3cccc4ccc(Nc5c(F)cccc5Cl)nc34)cc21.O=c1[nH]ccc2[nH]c(-c3cccc4ccc(Nc5c(F)cccc5Cl)nc34)cc12. The van der Waals surface area contributed by atoms with E-state index in [4.69, 9.17) is 57.1 Å². The van der Waals surface area contributed by atoms with Gasteiger partial charge in [-0.25, -0.2) is 28.1 Å². The highest BCUT2D eigenvalue weighted by atomic mass is 35.5. The van der Waals surface area contributed by atoms with Crippen molar-refractivity contribution in [2.24, 2.45) is 0 Å². The van der Waals surface area contributed by atoms with Crippen LogP contribution in [0.15, 0.2) is 181 Å². The van der Waals surface area contributed by atoms with E-state index in [0.29, 0.717) is 46.3 Å². The lowest BCUT2D eigenvalue weighted by Gasteiger charge is -2.11. The quantitative estimate of drug-likeness (QED) is 0.0545. The summed E-state index contributed by atoms with van der Waals surface area (Å²) in [6, 6.07) is 49.4. The lowest BCUT2D eigenvalue weighted by molar-refractivity contribution is 0.0937. The van der Waals surface area contributed by atoms with Crippen LogP contribution in [-0.2, 0) is 12.8 Å². The number of H-pyrrole nitrogens is 4. The first-order chi connectivity index (χ1) is 42.6. The number of hydrogen-bond donors (Lipinski definition) is 9. The summed E-state index contributed by atoms with van der Waals surface area (Å²) in [6.07, 6.45) is 3.18. The Morgan fingerprint density at radius 2 is 0.899 bits per heavy atom. The third kappa shape index (κ3) is 12.8. The number of amides is 2. The molecule has 2 amide bonds. The van der Waals surface area contributed by atoms with Gasteiger partial charge in [0.2, 0.25) is 0 Å². The number of nitrogens with one attached hydrogen (secondary N) is 8. The fraction of sp³-hybridized carbons (Fsp3) is 0.0746. The van der Waals surface area contributed by atoms with Gasteiger partial charge in [0.25, 0.3) is 17.4 Å². The molecule has 89 heavy (non-hydrogen) atoms. The highest BCUT2D eigenvalue weighted by Gasteiger charge is 2.23. The molecule has 9 heterocycles. The fourth-order valence-corrected chi connectivity index (χ4v) is 11.0. The second kappa shape index (κ2) is 26.1. The van der Waals surface area contributed by atoms with Crippen LogP contribution in [0.3, 0.4) is 0 Å². The predicted octanol–water partition coefficient (Wildman–Crippen LogP) is 16.5. The molecule has 15 nitrogen and oxygen atoms in total. The van der Waals surface area contributed by atoms with E-state index in [0.717, 1.165) is 96.3 Å². The molecule has 0 fully saturated rings. The minimum absolute atomic E-state index is 0. The predicted molar refractivity (Wildman–Crippen MR) is 352 cm³/mol. The van der Waals surface area contributed by atoms with Crippen molar-refractivity contribution in [2.45, 2.75) is 20.3 Å². The lowest BCUT2D eigenvalue weighted by atomic mass is 10.1. The smallest absolute Gasteiger partial charge is 0.257 e. The van der Waals surface area contributed by atoms with Gasteiger partial charge in [-0.2, -0.15) is 0 Å². The minimum atomic E-state index is -0.470. The van der Waals surface area contributed by atoms with E-state index in [1.807, 2.05) is 91.0 Å². The normalized spacial score (nSPS) is 12.3. The molecule has 13 aromatic rings. The van der Waals surface area contributed by atoms with Gasteiger partial charge in [0.05, 0.1) is 70.7 Å². The van der Waals surface area contributed by atoms with Crippen LogP contribution < -0.4 is 32.6 Å². The van der Waals surface area contributed by atoms with E-state index in [2.05, 4.69) is 51.2 Å². The number of nitrogens with zero attached hydrogens (tertiary/aromatic N) is 3. The molecule has 0 unspecified atom stereocenters. The molecule has 22 heteroatoms. The van der Waals surface area contributed by atoms with Crippen LogP contribution in [0.25, 0.3) is 77.4 Å². The summed E-state index contributed by atoms with van der Waals surface area (Å²) < 4.78 is 40.7. The van der Waals surface area contributed by atoms with E-state index in [1.165, 1.54) is 24.3 Å². The average molecular weight is 1270 g/mol. The number of halogens is 7. The van der Waals surface area contributed by atoms with Crippen LogP contribution in [0.5, 0.6) is 0 Å². The van der Waals surface area contributed by atoms with E-state index >= 15 is 0 Å². The number of aromatic amines is 4. The van der Waals surface area contributed by atoms with Gasteiger partial charge in [-0.05, 0) is 97.1 Å². The molecule has 2 aliphatic heterocycles. The van der Waals surface area contributed by atoms with Crippen molar-refractivity contribution in [3.05, 3.63) is 247 Å². The average Bonchev–Trinajstić information content (AvgIpc) is 2.01. The maximum atomic E-state index is 14.1. The topological polar surface area (TPSA) is 227 Å². The number of nitrogen functional groups attached to an aromatic ring is 1. The maximum Gasteiger partial charge on any atom is 0.257 e. The summed E-state index contributed by atoms with van der Waals surface area (Å²) in [5.41, 5.74) is 16.9. The fourth-order valence-electron chi connectivity index (χ4n) is 10.3. The highest BCUT2D eigenvalue weighted by molar-refractivity contribution is 6.34. The lowest BCUT2D eigenvalue weighted by Crippen LogP contribution is -2.31. The molecule has 0 aliphatic carbocycles. The monoisotopic (exact) mass is 1270 g/mol. The minimum Gasteiger partial charge on any atom is -0.395 e. The van der Waals surface area contributed by atoms with Crippen molar-refractivity contribution in [1.29, 1.82) is 0 Å². The van der Waals surface area contributed by atoms with E-state index < -0.39 is 17.5 Å². The van der Waals surface area contributed by atoms with Gasteiger partial charge >= 0.3 is 0 Å². The van der Waals surface area contributed by atoms with Crippen molar-refractivity contribution < 1.29 is 22.8 Å². The molecule has 7 aromatic heterocycles. The first kappa shape index (κ1) is 60.6. The molecule has 0 bridgehead atoms. The Bertz CT molecular complexity index is 4870. The number of rotatable bonds is 7. The van der Waals surface area contributed by atoms with Crippen LogP contribution in [0, 0.1) is 17.5 Å². The Hall–Kier alpha value is -10.1. The zero-order chi connectivity index (χ0) is 61.2. The van der Waals surface area contributed by atoms with Gasteiger partial charge in [-0.1, -0.05) is 127 Å². The Morgan fingerprint density at radius 1 is 0.461 bits per heavy atom. The maximum absolute atomic E-state index is 14.1. The molecule has 0 spiro atoms. The molecule has 2 aliphatic rings. The molecule has 0 atom stereocenters. The van der Waals surface area contributed by atoms with Gasteiger partial charge in [-0.3, -0.25) is 14.4 Å². The second-order valence-corrected chi connectivity index (χ2v) is 21.8. The Balaban J connectivity index is 0.000000129. The molecule has 6 aromatic carbocycles. The van der Waals surface area contributed by atoms with E-state index in [1.54, 1.807) is 60.8 Å². The van der Waals surface area contributed by atoms with Gasteiger partial charge in [0.1, 0.15) is 34.2 Å². The van der Waals surface area contributed by atoms with Gasteiger partial charge in [0, 0.05) is 93.4 Å². The zero-order valence-electron chi connectivity index (χ0n) is 45.9. The largest absolute Gasteiger partial charge is 0.395 e. The standard InChI is InChI=1S/C22H16ClFN4O.C22H14ClFN4O.C16H12ClN3O.C6H5ClFN.CH4/c2*23-15-5-2-6-16(24)21(15)28-19-8-7-12-3-1-4-13(20(12)27-19)18-11-14-17(26-18)9-10-25-22(14)29;17-14-5-4-9-2-1-3-10(15(9)20-14)13-8-11-12(19-13)6-7-18-16(11)21;7-4-2-1-3-5(8)6(4)9;/h1-8,11,26H,9-10H2,(H,25,29)(H,27,28);1-11,26H,(H,25,29)(H,27,28);1-5,8,19H,6-7H2,(H,18,21);1-3H,9H2;1H4. The number of hydrogen-bond acceptors (Lipinski definition) is 9. The Morgan fingerprint density at radius 3 is 1.35 bits per heavy atom. The summed E-state index contributed by atoms with van der Waals surface area (Å²) in [5, 5.41) is 16.4. The van der Waals surface area contributed by atoms with Gasteiger partial charge in [-0.15, -0.1) is 0 Å². The molecular formula is C67H51Cl4F3N12O3. The number of benzene rings is 6. The van der Waals surface area contributed by atoms with Crippen LogP contribution in [0.2, 0.25) is 20.2 Å². The van der Waals surface area contributed by atoms with Crippen LogP contribution >= 0.6 is 46.4 Å². The van der Waals surface area contributed by atoms with Crippen molar-refractivity contribution >= 4 is 131 Å². The van der Waals surface area contributed by atoms with E-state index in [9.17, 15) is 27.6 Å². The van der Waals surface area contributed by atoms with Gasteiger partial charge < -0.3 is 46.9 Å². The molecule has 0 radical (unpaired) electrons. The molecule has 10 N–H and O–H groups in total. The number of nitrogens with two attached hydrogens (primary N) is 1. The summed E-state index contributed by atoms with van der Waals surface area (Å²) in [5.74, 6) is -0.527. The van der Waals surface area contributed by atoms with Crippen molar-refractivity contribution in [1.82, 2.24) is 45.5 Å². The summed E-state index contributed by atoms with van der Waals surface area (Å²) in [4.78, 5) is 62.5. The van der Waals surface area contributed by atoms with Crippen LogP contribution in [0.1, 0.15) is 39.5 Å². The zero-order valence-corrected chi connectivity index (χ0v) is 48.9. The summed E-state index contributed by atoms with van der Waals surface area (Å²) in [6.45, 7) is 1.29.